The first-order valence-electron chi connectivity index (χ1n) is 6.38. The van der Waals surface area contributed by atoms with Gasteiger partial charge in [0.25, 0.3) is 0 Å². The van der Waals surface area contributed by atoms with Crippen LogP contribution in [0.15, 0.2) is 24.5 Å². The van der Waals surface area contributed by atoms with Crippen LogP contribution in [-0.4, -0.2) is 16.8 Å². The van der Waals surface area contributed by atoms with Crippen molar-refractivity contribution in [1.29, 1.82) is 0 Å². The fourth-order valence-corrected chi connectivity index (χ4v) is 2.05. The zero-order valence-corrected chi connectivity index (χ0v) is 11.1. The molecule has 20 heavy (non-hydrogen) atoms. The second kappa shape index (κ2) is 5.24. The first kappa shape index (κ1) is 12.5. The van der Waals surface area contributed by atoms with Gasteiger partial charge in [-0.15, -0.1) is 0 Å². The van der Waals surface area contributed by atoms with E-state index < -0.39 is 0 Å². The quantitative estimate of drug-likeness (QED) is 0.916. The first-order chi connectivity index (χ1) is 9.78. The van der Waals surface area contributed by atoms with Crippen LogP contribution in [0.25, 0.3) is 0 Å². The lowest BCUT2D eigenvalue weighted by atomic mass is 10.2. The Balaban J connectivity index is 1.75. The van der Waals surface area contributed by atoms with Gasteiger partial charge in [0.05, 0.1) is 5.56 Å². The zero-order valence-electron chi connectivity index (χ0n) is 11.1. The Morgan fingerprint density at radius 3 is 2.95 bits per heavy atom. The molecule has 0 bridgehead atoms. The number of benzene rings is 1. The molecular formula is C14H15N3O3. The highest BCUT2D eigenvalue weighted by atomic mass is 16.7. The monoisotopic (exact) mass is 273 g/mol. The fraction of sp³-hybridized carbons (Fsp3) is 0.286. The lowest BCUT2D eigenvalue weighted by molar-refractivity contribution is 0.174. The summed E-state index contributed by atoms with van der Waals surface area (Å²) in [5.41, 5.74) is 7.61. The molecule has 0 unspecified atom stereocenters. The molecule has 6 heteroatoms. The summed E-state index contributed by atoms with van der Waals surface area (Å²) in [4.78, 5) is 8.09. The standard InChI is InChI=1S/C14H15N3O3/c1-2-10-13(15)16-7-17-14(10)18-6-9-3-4-11-12(5-9)20-8-19-11/h3-5,7H,2,6,8H2,1H3,(H2,15,16,17). The second-order valence-corrected chi connectivity index (χ2v) is 4.37. The minimum Gasteiger partial charge on any atom is -0.472 e. The van der Waals surface area contributed by atoms with E-state index in [2.05, 4.69) is 9.97 Å². The summed E-state index contributed by atoms with van der Waals surface area (Å²) in [5.74, 6) is 2.49. The van der Waals surface area contributed by atoms with E-state index in [0.717, 1.165) is 29.0 Å². The predicted octanol–water partition coefficient (Wildman–Crippen LogP) is 1.93. The normalized spacial score (nSPS) is 12.4. The van der Waals surface area contributed by atoms with Crippen LogP contribution in [-0.2, 0) is 13.0 Å². The molecule has 2 heterocycles. The van der Waals surface area contributed by atoms with Gasteiger partial charge < -0.3 is 19.9 Å². The van der Waals surface area contributed by atoms with Crippen molar-refractivity contribution < 1.29 is 14.2 Å². The molecule has 0 fully saturated rings. The van der Waals surface area contributed by atoms with Crippen molar-refractivity contribution in [3.05, 3.63) is 35.7 Å². The lowest BCUT2D eigenvalue weighted by Crippen LogP contribution is -2.05. The smallest absolute Gasteiger partial charge is 0.231 e. The third-order valence-corrected chi connectivity index (χ3v) is 3.11. The topological polar surface area (TPSA) is 79.5 Å². The number of nitrogens with two attached hydrogens (primary N) is 1. The summed E-state index contributed by atoms with van der Waals surface area (Å²) >= 11 is 0. The van der Waals surface area contributed by atoms with Gasteiger partial charge in [0.1, 0.15) is 18.8 Å². The SMILES string of the molecule is CCc1c(N)ncnc1OCc1ccc2c(c1)OCO2. The number of aromatic nitrogens is 2. The molecule has 0 amide bonds. The van der Waals surface area contributed by atoms with Crippen molar-refractivity contribution in [3.8, 4) is 17.4 Å². The van der Waals surface area contributed by atoms with Gasteiger partial charge in [0.2, 0.25) is 12.7 Å². The van der Waals surface area contributed by atoms with E-state index >= 15 is 0 Å². The number of nitrogen functional groups attached to an aromatic ring is 1. The van der Waals surface area contributed by atoms with Crippen molar-refractivity contribution >= 4 is 5.82 Å². The van der Waals surface area contributed by atoms with E-state index in [1.807, 2.05) is 25.1 Å². The number of hydrogen-bond acceptors (Lipinski definition) is 6. The Morgan fingerprint density at radius 2 is 2.10 bits per heavy atom. The molecular weight excluding hydrogens is 258 g/mol. The van der Waals surface area contributed by atoms with Crippen molar-refractivity contribution in [2.24, 2.45) is 0 Å². The molecule has 0 atom stereocenters. The van der Waals surface area contributed by atoms with Crippen LogP contribution < -0.4 is 19.9 Å². The predicted molar refractivity (Wildman–Crippen MR) is 72.7 cm³/mol. The van der Waals surface area contributed by atoms with Gasteiger partial charge in [-0.1, -0.05) is 13.0 Å². The third-order valence-electron chi connectivity index (χ3n) is 3.11. The van der Waals surface area contributed by atoms with Crippen LogP contribution >= 0.6 is 0 Å². The number of rotatable bonds is 4. The molecule has 2 aromatic rings. The molecule has 0 spiro atoms. The molecule has 1 aromatic carbocycles. The van der Waals surface area contributed by atoms with Gasteiger partial charge in [0.15, 0.2) is 11.5 Å². The molecule has 0 radical (unpaired) electrons. The van der Waals surface area contributed by atoms with Crippen molar-refractivity contribution in [1.82, 2.24) is 9.97 Å². The first-order valence-corrected chi connectivity index (χ1v) is 6.38. The second-order valence-electron chi connectivity index (χ2n) is 4.37. The summed E-state index contributed by atoms with van der Waals surface area (Å²) in [5, 5.41) is 0. The van der Waals surface area contributed by atoms with E-state index in [1.54, 1.807) is 0 Å². The van der Waals surface area contributed by atoms with Crippen LogP contribution in [0.4, 0.5) is 5.82 Å². The van der Waals surface area contributed by atoms with E-state index in [1.165, 1.54) is 6.33 Å². The zero-order chi connectivity index (χ0) is 13.9. The molecule has 1 aliphatic rings. The molecule has 6 nitrogen and oxygen atoms in total. The number of nitrogens with zero attached hydrogens (tertiary/aromatic N) is 2. The summed E-state index contributed by atoms with van der Waals surface area (Å²) in [6, 6.07) is 5.71. The van der Waals surface area contributed by atoms with Crippen molar-refractivity contribution in [2.45, 2.75) is 20.0 Å². The van der Waals surface area contributed by atoms with E-state index in [9.17, 15) is 0 Å². The van der Waals surface area contributed by atoms with Crippen LogP contribution in [0.2, 0.25) is 0 Å². The van der Waals surface area contributed by atoms with Crippen molar-refractivity contribution in [2.75, 3.05) is 12.5 Å². The highest BCUT2D eigenvalue weighted by Crippen LogP contribution is 2.32. The molecule has 2 N–H and O–H groups in total. The molecule has 3 rings (SSSR count). The van der Waals surface area contributed by atoms with E-state index in [-0.39, 0.29) is 6.79 Å². The Labute approximate surface area is 116 Å². The summed E-state index contributed by atoms with van der Waals surface area (Å²) in [6.45, 7) is 2.64. The molecule has 0 saturated carbocycles. The van der Waals surface area contributed by atoms with E-state index in [4.69, 9.17) is 19.9 Å². The Bertz CT molecular complexity index is 631. The van der Waals surface area contributed by atoms with Gasteiger partial charge in [-0.2, -0.15) is 0 Å². The minimum absolute atomic E-state index is 0.266. The maximum Gasteiger partial charge on any atom is 0.231 e. The summed E-state index contributed by atoms with van der Waals surface area (Å²) < 4.78 is 16.3. The average Bonchev–Trinajstić information content (AvgIpc) is 2.92. The molecule has 0 saturated heterocycles. The van der Waals surface area contributed by atoms with Gasteiger partial charge in [-0.3, -0.25) is 0 Å². The summed E-state index contributed by atoms with van der Waals surface area (Å²) in [6.07, 6.45) is 2.13. The van der Waals surface area contributed by atoms with Gasteiger partial charge in [0, 0.05) is 0 Å². The summed E-state index contributed by atoms with van der Waals surface area (Å²) in [7, 11) is 0. The lowest BCUT2D eigenvalue weighted by Gasteiger charge is -2.10. The average molecular weight is 273 g/mol. The van der Waals surface area contributed by atoms with Crippen LogP contribution in [0.5, 0.6) is 17.4 Å². The highest BCUT2D eigenvalue weighted by Gasteiger charge is 2.14. The van der Waals surface area contributed by atoms with Crippen LogP contribution in [0.1, 0.15) is 18.1 Å². The van der Waals surface area contributed by atoms with Gasteiger partial charge >= 0.3 is 0 Å². The van der Waals surface area contributed by atoms with Crippen molar-refractivity contribution in [3.63, 3.8) is 0 Å². The van der Waals surface area contributed by atoms with Crippen LogP contribution in [0, 0.1) is 0 Å². The molecule has 104 valence electrons. The third kappa shape index (κ3) is 2.32. The number of hydrogen-bond donors (Lipinski definition) is 1. The molecule has 1 aromatic heterocycles. The van der Waals surface area contributed by atoms with Crippen LogP contribution in [0.3, 0.4) is 0 Å². The molecule has 0 aliphatic carbocycles. The number of anilines is 1. The minimum atomic E-state index is 0.266. The largest absolute Gasteiger partial charge is 0.472 e. The number of ether oxygens (including phenoxy) is 3. The maximum atomic E-state index is 5.81. The maximum absolute atomic E-state index is 5.81. The highest BCUT2D eigenvalue weighted by molar-refractivity contribution is 5.46. The number of fused-ring (bicyclic) bond motifs is 1. The fourth-order valence-electron chi connectivity index (χ4n) is 2.05. The van der Waals surface area contributed by atoms with Gasteiger partial charge in [-0.05, 0) is 24.1 Å². The Morgan fingerprint density at radius 1 is 1.25 bits per heavy atom. The Kier molecular flexibility index (Phi) is 3.28. The molecule has 1 aliphatic heterocycles. The van der Waals surface area contributed by atoms with E-state index in [0.29, 0.717) is 18.3 Å². The van der Waals surface area contributed by atoms with Gasteiger partial charge in [-0.25, -0.2) is 9.97 Å². The Hall–Kier alpha value is -2.50.